The van der Waals surface area contributed by atoms with Crippen molar-refractivity contribution in [3.8, 4) is 6.07 Å². The monoisotopic (exact) mass is 246 g/mol. The number of hydrogen-bond acceptors (Lipinski definition) is 3. The second-order valence-electron chi connectivity index (χ2n) is 6.09. The number of rotatable bonds is 0. The van der Waals surface area contributed by atoms with Crippen LogP contribution >= 0.6 is 0 Å². The smallest absolute Gasteiger partial charge is 0.220 e. The number of allylic oxidation sites excluding steroid dienone is 2. The largest absolute Gasteiger partial charge is 0.356 e. The summed E-state index contributed by atoms with van der Waals surface area (Å²) < 4.78 is 0. The molecule has 2 aliphatic rings. The zero-order chi connectivity index (χ0) is 13.6. The van der Waals surface area contributed by atoms with Crippen molar-refractivity contribution in [3.63, 3.8) is 0 Å². The number of amides is 1. The molecule has 0 saturated carbocycles. The van der Waals surface area contributed by atoms with E-state index in [9.17, 15) is 9.59 Å². The number of hydrogen-bond donors (Lipinski definition) is 1. The minimum atomic E-state index is -0.582. The second-order valence-corrected chi connectivity index (χ2v) is 6.09. The van der Waals surface area contributed by atoms with E-state index in [1.165, 1.54) is 0 Å². The summed E-state index contributed by atoms with van der Waals surface area (Å²) in [6.07, 6.45) is 2.84. The minimum Gasteiger partial charge on any atom is -0.356 e. The van der Waals surface area contributed by atoms with Crippen LogP contribution in [0, 0.1) is 28.1 Å². The summed E-state index contributed by atoms with van der Waals surface area (Å²) in [6.45, 7) is 6.36. The third-order valence-electron chi connectivity index (χ3n) is 4.39. The number of carbonyl (C=O) groups excluding carboxylic acids is 2. The standard InChI is InChI=1S/C14H18N2O2/c1-13(2)10-4-5-16-11(17)7-14(10,3)6-9(8-15)12(13)18/h6,10H,4-5,7H2,1-3H3,(H,16,17). The summed E-state index contributed by atoms with van der Waals surface area (Å²) in [4.78, 5) is 24.0. The molecule has 0 aromatic carbocycles. The molecule has 1 N–H and O–H groups in total. The summed E-state index contributed by atoms with van der Waals surface area (Å²) in [7, 11) is 0. The highest BCUT2D eigenvalue weighted by Crippen LogP contribution is 2.51. The van der Waals surface area contributed by atoms with Crippen LogP contribution in [0.2, 0.25) is 0 Å². The zero-order valence-corrected chi connectivity index (χ0v) is 11.0. The molecule has 1 aliphatic heterocycles. The quantitative estimate of drug-likeness (QED) is 0.705. The van der Waals surface area contributed by atoms with Crippen molar-refractivity contribution < 1.29 is 9.59 Å². The Morgan fingerprint density at radius 3 is 2.67 bits per heavy atom. The molecule has 4 nitrogen and oxygen atoms in total. The SMILES string of the molecule is CC12C=C(C#N)C(=O)C(C)(C)C1CCNC(=O)C2. The number of fused-ring (bicyclic) bond motifs is 1. The predicted octanol–water partition coefficient (Wildman–Crippen LogP) is 1.58. The van der Waals surface area contributed by atoms with Gasteiger partial charge in [0.05, 0.1) is 5.57 Å². The van der Waals surface area contributed by atoms with E-state index in [-0.39, 0.29) is 23.2 Å². The fourth-order valence-electron chi connectivity index (χ4n) is 3.54. The van der Waals surface area contributed by atoms with E-state index in [1.54, 1.807) is 6.08 Å². The topological polar surface area (TPSA) is 70.0 Å². The lowest BCUT2D eigenvalue weighted by Gasteiger charge is -2.46. The van der Waals surface area contributed by atoms with Crippen LogP contribution in [0.15, 0.2) is 11.6 Å². The van der Waals surface area contributed by atoms with Crippen molar-refractivity contribution in [2.24, 2.45) is 16.7 Å². The van der Waals surface area contributed by atoms with Crippen molar-refractivity contribution >= 4 is 11.7 Å². The van der Waals surface area contributed by atoms with Crippen molar-refractivity contribution in [3.05, 3.63) is 11.6 Å². The van der Waals surface area contributed by atoms with Gasteiger partial charge in [-0.25, -0.2) is 0 Å². The van der Waals surface area contributed by atoms with Gasteiger partial charge in [-0.1, -0.05) is 26.8 Å². The van der Waals surface area contributed by atoms with E-state index in [2.05, 4.69) is 5.32 Å². The maximum atomic E-state index is 12.3. The average molecular weight is 246 g/mol. The number of ketones is 1. The first-order chi connectivity index (χ1) is 8.31. The zero-order valence-electron chi connectivity index (χ0n) is 11.0. The molecular formula is C14H18N2O2. The summed E-state index contributed by atoms with van der Waals surface area (Å²) >= 11 is 0. The van der Waals surface area contributed by atoms with Crippen LogP contribution in [0.4, 0.5) is 0 Å². The van der Waals surface area contributed by atoms with Gasteiger partial charge in [0.15, 0.2) is 5.78 Å². The molecule has 4 heteroatoms. The van der Waals surface area contributed by atoms with Crippen LogP contribution in [-0.2, 0) is 9.59 Å². The molecule has 1 aliphatic carbocycles. The normalized spacial score (nSPS) is 34.8. The molecule has 0 bridgehead atoms. The van der Waals surface area contributed by atoms with Gasteiger partial charge in [-0.15, -0.1) is 0 Å². The summed E-state index contributed by atoms with van der Waals surface area (Å²) in [5.41, 5.74) is -0.780. The van der Waals surface area contributed by atoms with Crippen molar-refractivity contribution in [2.75, 3.05) is 6.54 Å². The number of nitriles is 1. The number of nitrogens with zero attached hydrogens (tertiary/aromatic N) is 1. The van der Waals surface area contributed by atoms with Crippen LogP contribution in [0.25, 0.3) is 0 Å². The van der Waals surface area contributed by atoms with Crippen LogP contribution in [0.1, 0.15) is 33.6 Å². The van der Waals surface area contributed by atoms with Gasteiger partial charge in [-0.05, 0) is 17.8 Å². The molecule has 1 fully saturated rings. The van der Waals surface area contributed by atoms with Crippen LogP contribution in [-0.4, -0.2) is 18.2 Å². The first kappa shape index (κ1) is 12.8. The third-order valence-corrected chi connectivity index (χ3v) is 4.39. The van der Waals surface area contributed by atoms with Crippen LogP contribution in [0.3, 0.4) is 0 Å². The highest BCUT2D eigenvalue weighted by molar-refractivity contribution is 6.04. The lowest BCUT2D eigenvalue weighted by Crippen LogP contribution is -2.46. The molecule has 0 radical (unpaired) electrons. The molecule has 0 aromatic rings. The Morgan fingerprint density at radius 1 is 1.39 bits per heavy atom. The number of Topliss-reactive ketones (excluding diaryl/α,β-unsaturated/α-hetero) is 1. The Kier molecular flexibility index (Phi) is 2.81. The average Bonchev–Trinajstić information content (AvgIpc) is 2.43. The summed E-state index contributed by atoms with van der Waals surface area (Å²) in [6, 6.07) is 1.98. The van der Waals surface area contributed by atoms with Crippen molar-refractivity contribution in [2.45, 2.75) is 33.6 Å². The summed E-state index contributed by atoms with van der Waals surface area (Å²) in [5, 5.41) is 11.9. The van der Waals surface area contributed by atoms with Crippen molar-refractivity contribution in [1.82, 2.24) is 5.32 Å². The maximum Gasteiger partial charge on any atom is 0.220 e. The third kappa shape index (κ3) is 1.74. The van der Waals surface area contributed by atoms with Gasteiger partial charge in [0.2, 0.25) is 5.91 Å². The maximum absolute atomic E-state index is 12.3. The number of nitrogens with one attached hydrogen (secondary N) is 1. The van der Waals surface area contributed by atoms with E-state index in [0.29, 0.717) is 13.0 Å². The molecule has 1 heterocycles. The van der Waals surface area contributed by atoms with E-state index >= 15 is 0 Å². The minimum absolute atomic E-state index is 0.00121. The number of carbonyl (C=O) groups is 2. The highest BCUT2D eigenvalue weighted by atomic mass is 16.1. The molecule has 0 aromatic heterocycles. The molecule has 2 unspecified atom stereocenters. The van der Waals surface area contributed by atoms with Crippen LogP contribution in [0.5, 0.6) is 0 Å². The Morgan fingerprint density at radius 2 is 2.06 bits per heavy atom. The Balaban J connectivity index is 2.56. The van der Waals surface area contributed by atoms with E-state index in [0.717, 1.165) is 6.42 Å². The second kappa shape index (κ2) is 3.94. The molecule has 2 rings (SSSR count). The lowest BCUT2D eigenvalue weighted by atomic mass is 9.55. The molecule has 2 atom stereocenters. The van der Waals surface area contributed by atoms with Gasteiger partial charge in [0.25, 0.3) is 0 Å². The van der Waals surface area contributed by atoms with E-state index < -0.39 is 10.8 Å². The first-order valence-corrected chi connectivity index (χ1v) is 6.26. The Hall–Kier alpha value is -1.63. The summed E-state index contributed by atoms with van der Waals surface area (Å²) in [5.74, 6) is -0.00550. The van der Waals surface area contributed by atoms with E-state index in [1.807, 2.05) is 26.8 Å². The molecule has 96 valence electrons. The fraction of sp³-hybridized carbons (Fsp3) is 0.643. The van der Waals surface area contributed by atoms with Gasteiger partial charge in [-0.3, -0.25) is 9.59 Å². The molecule has 18 heavy (non-hydrogen) atoms. The Labute approximate surface area is 107 Å². The lowest BCUT2D eigenvalue weighted by molar-refractivity contribution is -0.131. The van der Waals surface area contributed by atoms with E-state index in [4.69, 9.17) is 5.26 Å². The molecule has 1 amide bonds. The van der Waals surface area contributed by atoms with Crippen molar-refractivity contribution in [1.29, 1.82) is 5.26 Å². The first-order valence-electron chi connectivity index (χ1n) is 6.26. The fourth-order valence-corrected chi connectivity index (χ4v) is 3.54. The van der Waals surface area contributed by atoms with Gasteiger partial charge < -0.3 is 5.32 Å². The molecule has 1 saturated heterocycles. The Bertz CT molecular complexity index is 485. The van der Waals surface area contributed by atoms with Gasteiger partial charge >= 0.3 is 0 Å². The molecular weight excluding hydrogens is 228 g/mol. The highest BCUT2D eigenvalue weighted by Gasteiger charge is 2.52. The predicted molar refractivity (Wildman–Crippen MR) is 66.3 cm³/mol. The van der Waals surface area contributed by atoms with Gasteiger partial charge in [0.1, 0.15) is 6.07 Å². The van der Waals surface area contributed by atoms with Gasteiger partial charge in [0, 0.05) is 18.4 Å². The van der Waals surface area contributed by atoms with Crippen LogP contribution < -0.4 is 5.32 Å². The molecule has 0 spiro atoms. The van der Waals surface area contributed by atoms with Gasteiger partial charge in [-0.2, -0.15) is 5.26 Å².